The second-order valence-electron chi connectivity index (χ2n) is 3.58. The Balaban J connectivity index is 2.82. The van der Waals surface area contributed by atoms with Crippen molar-refractivity contribution in [3.8, 4) is 0 Å². The number of alkyl halides is 3. The molecule has 108 valence electrons. The lowest BCUT2D eigenvalue weighted by molar-refractivity contribution is -0.142. The smallest absolute Gasteiger partial charge is 0.268 e. The first-order chi connectivity index (χ1) is 8.65. The summed E-state index contributed by atoms with van der Waals surface area (Å²) >= 11 is 0. The molecular weight excluding hydrogens is 287 g/mol. The molecule has 0 aliphatic rings. The summed E-state index contributed by atoms with van der Waals surface area (Å²) in [7, 11) is -3.46. The van der Waals surface area contributed by atoms with Crippen molar-refractivity contribution in [2.75, 3.05) is 12.3 Å². The Kier molecular flexibility index (Phi) is 4.69. The fraction of sp³-hybridized carbons (Fsp3) is 0.556. The quantitative estimate of drug-likeness (QED) is 0.842. The van der Waals surface area contributed by atoms with E-state index in [2.05, 4.69) is 9.82 Å². The van der Waals surface area contributed by atoms with E-state index in [1.54, 1.807) is 0 Å². The molecule has 0 aliphatic heterocycles. The number of nitrogens with one attached hydrogen (secondary N) is 1. The minimum Gasteiger partial charge on any atom is -0.268 e. The van der Waals surface area contributed by atoms with E-state index < -0.39 is 27.5 Å². The van der Waals surface area contributed by atoms with Crippen LogP contribution in [0.5, 0.6) is 0 Å². The first-order valence-corrected chi connectivity index (χ1v) is 6.93. The van der Waals surface area contributed by atoms with Gasteiger partial charge in [-0.2, -0.15) is 18.3 Å². The van der Waals surface area contributed by atoms with E-state index in [0.29, 0.717) is 10.7 Å². The molecular formula is C9H12F3N3O3S. The maximum atomic E-state index is 12.4. The summed E-state index contributed by atoms with van der Waals surface area (Å²) in [5.41, 5.74) is -1.94. The second kappa shape index (κ2) is 5.70. The van der Waals surface area contributed by atoms with Gasteiger partial charge in [-0.1, -0.05) is 0 Å². The number of nitrogens with zero attached hydrogens (tertiary/aromatic N) is 2. The molecule has 1 aromatic rings. The second-order valence-corrected chi connectivity index (χ2v) is 5.67. The van der Waals surface area contributed by atoms with Gasteiger partial charge in [0.2, 0.25) is 10.0 Å². The minimum absolute atomic E-state index is 0.155. The lowest BCUT2D eigenvalue weighted by atomic mass is 10.4. The Hall–Kier alpha value is -1.42. The first-order valence-electron chi connectivity index (χ1n) is 5.28. The van der Waals surface area contributed by atoms with Gasteiger partial charge in [-0.05, 0) is 13.0 Å². The Morgan fingerprint density at radius 3 is 2.53 bits per heavy atom. The molecule has 0 radical (unpaired) electrons. The van der Waals surface area contributed by atoms with Crippen LogP contribution in [-0.2, 0) is 22.7 Å². The summed E-state index contributed by atoms with van der Waals surface area (Å²) < 4.78 is 62.0. The molecule has 19 heavy (non-hydrogen) atoms. The summed E-state index contributed by atoms with van der Waals surface area (Å²) in [5, 5.41) is 3.13. The third-order valence-electron chi connectivity index (χ3n) is 2.18. The van der Waals surface area contributed by atoms with E-state index in [9.17, 15) is 26.4 Å². The Labute approximate surface area is 107 Å². The molecule has 0 unspecified atom stereocenters. The molecule has 1 N–H and O–H groups in total. The highest BCUT2D eigenvalue weighted by molar-refractivity contribution is 7.89. The van der Waals surface area contributed by atoms with Crippen LogP contribution in [0.2, 0.25) is 0 Å². The third kappa shape index (κ3) is 4.63. The van der Waals surface area contributed by atoms with Crippen LogP contribution in [-0.4, -0.2) is 30.5 Å². The number of aromatic nitrogens is 2. The third-order valence-corrected chi connectivity index (χ3v) is 3.59. The van der Waals surface area contributed by atoms with Gasteiger partial charge in [0.15, 0.2) is 5.69 Å². The standard InChI is InChI=1S/C9H12F3N3O3S/c1-2-19(17,18)13-5-6-15-8(16)4-3-7(14-15)9(10,11)12/h3-4,13H,2,5-6H2,1H3. The van der Waals surface area contributed by atoms with E-state index in [1.165, 1.54) is 6.92 Å². The number of sulfonamides is 1. The predicted octanol–water partition coefficient (Wildman–Crippen LogP) is 0.201. The van der Waals surface area contributed by atoms with E-state index >= 15 is 0 Å². The molecule has 10 heteroatoms. The number of rotatable bonds is 5. The number of hydrogen-bond acceptors (Lipinski definition) is 4. The Morgan fingerprint density at radius 1 is 1.37 bits per heavy atom. The molecule has 0 saturated carbocycles. The highest BCUT2D eigenvalue weighted by Crippen LogP contribution is 2.26. The van der Waals surface area contributed by atoms with Crippen molar-refractivity contribution in [2.24, 2.45) is 0 Å². The SMILES string of the molecule is CCS(=O)(=O)NCCn1nc(C(F)(F)F)ccc1=O. The van der Waals surface area contributed by atoms with Crippen molar-refractivity contribution in [3.05, 3.63) is 28.2 Å². The van der Waals surface area contributed by atoms with Gasteiger partial charge >= 0.3 is 6.18 Å². The van der Waals surface area contributed by atoms with Crippen LogP contribution in [0.15, 0.2) is 16.9 Å². The summed E-state index contributed by atoms with van der Waals surface area (Å²) in [5.74, 6) is -0.155. The monoisotopic (exact) mass is 299 g/mol. The Bertz CT molecular complexity index is 595. The summed E-state index contributed by atoms with van der Waals surface area (Å²) in [6, 6.07) is 1.32. The van der Waals surface area contributed by atoms with Crippen molar-refractivity contribution in [2.45, 2.75) is 19.6 Å². The molecule has 0 bridgehead atoms. The molecule has 0 aliphatic carbocycles. The van der Waals surface area contributed by atoms with E-state index in [0.717, 1.165) is 6.07 Å². The van der Waals surface area contributed by atoms with Crippen molar-refractivity contribution in [1.82, 2.24) is 14.5 Å². The molecule has 1 heterocycles. The van der Waals surface area contributed by atoms with Gasteiger partial charge in [0.25, 0.3) is 5.56 Å². The lowest BCUT2D eigenvalue weighted by Crippen LogP contribution is -2.33. The fourth-order valence-corrected chi connectivity index (χ4v) is 1.78. The molecule has 1 aromatic heterocycles. The highest BCUT2D eigenvalue weighted by atomic mass is 32.2. The van der Waals surface area contributed by atoms with Crippen LogP contribution in [0.3, 0.4) is 0 Å². The maximum absolute atomic E-state index is 12.4. The Morgan fingerprint density at radius 2 is 2.00 bits per heavy atom. The summed E-state index contributed by atoms with van der Waals surface area (Å²) in [6.07, 6.45) is -4.65. The van der Waals surface area contributed by atoms with Crippen LogP contribution >= 0.6 is 0 Å². The van der Waals surface area contributed by atoms with E-state index in [4.69, 9.17) is 0 Å². The molecule has 0 aromatic carbocycles. The molecule has 0 saturated heterocycles. The molecule has 6 nitrogen and oxygen atoms in total. The van der Waals surface area contributed by atoms with Crippen LogP contribution in [0.1, 0.15) is 12.6 Å². The minimum atomic E-state index is -4.65. The van der Waals surface area contributed by atoms with Gasteiger partial charge in [0, 0.05) is 12.6 Å². The molecule has 0 amide bonds. The van der Waals surface area contributed by atoms with Crippen LogP contribution in [0, 0.1) is 0 Å². The van der Waals surface area contributed by atoms with Gasteiger partial charge in [-0.15, -0.1) is 0 Å². The topological polar surface area (TPSA) is 81.1 Å². The van der Waals surface area contributed by atoms with Crippen molar-refractivity contribution < 1.29 is 21.6 Å². The molecule has 1 rings (SSSR count). The van der Waals surface area contributed by atoms with Crippen molar-refractivity contribution in [3.63, 3.8) is 0 Å². The lowest BCUT2D eigenvalue weighted by Gasteiger charge is -2.09. The fourth-order valence-electron chi connectivity index (χ4n) is 1.17. The van der Waals surface area contributed by atoms with Crippen LogP contribution in [0.4, 0.5) is 13.2 Å². The molecule has 0 spiro atoms. The zero-order valence-electron chi connectivity index (χ0n) is 9.94. The summed E-state index contributed by atoms with van der Waals surface area (Å²) in [6.45, 7) is 0.934. The van der Waals surface area contributed by atoms with Crippen LogP contribution < -0.4 is 10.3 Å². The van der Waals surface area contributed by atoms with E-state index in [-0.39, 0.29) is 18.8 Å². The zero-order chi connectivity index (χ0) is 14.7. The van der Waals surface area contributed by atoms with Crippen molar-refractivity contribution in [1.29, 1.82) is 0 Å². The van der Waals surface area contributed by atoms with Crippen LogP contribution in [0.25, 0.3) is 0 Å². The first kappa shape index (κ1) is 15.6. The zero-order valence-corrected chi connectivity index (χ0v) is 10.8. The number of halogens is 3. The van der Waals surface area contributed by atoms with Gasteiger partial charge in [-0.3, -0.25) is 4.79 Å². The van der Waals surface area contributed by atoms with E-state index in [1.807, 2.05) is 0 Å². The number of hydrogen-bond donors (Lipinski definition) is 1. The maximum Gasteiger partial charge on any atom is 0.435 e. The molecule has 0 fully saturated rings. The largest absolute Gasteiger partial charge is 0.435 e. The van der Waals surface area contributed by atoms with Gasteiger partial charge in [0.05, 0.1) is 12.3 Å². The average molecular weight is 299 g/mol. The normalized spacial score (nSPS) is 12.6. The molecule has 0 atom stereocenters. The van der Waals surface area contributed by atoms with Gasteiger partial charge in [0.1, 0.15) is 0 Å². The highest BCUT2D eigenvalue weighted by Gasteiger charge is 2.33. The van der Waals surface area contributed by atoms with Gasteiger partial charge in [-0.25, -0.2) is 17.8 Å². The summed E-state index contributed by atoms with van der Waals surface area (Å²) in [4.78, 5) is 11.3. The average Bonchev–Trinajstić information content (AvgIpc) is 2.30. The predicted molar refractivity (Wildman–Crippen MR) is 61.0 cm³/mol. The van der Waals surface area contributed by atoms with Crippen molar-refractivity contribution >= 4 is 10.0 Å². The van der Waals surface area contributed by atoms with Gasteiger partial charge < -0.3 is 0 Å².